The van der Waals surface area contributed by atoms with E-state index < -0.39 is 6.10 Å². The van der Waals surface area contributed by atoms with Crippen LogP contribution in [0, 0.1) is 0 Å². The van der Waals surface area contributed by atoms with Gasteiger partial charge in [-0.05, 0) is 70.6 Å². The van der Waals surface area contributed by atoms with E-state index in [4.69, 9.17) is 9.47 Å². The molecule has 0 heterocycles. The maximum Gasteiger partial charge on any atom is 0.306 e. The molecule has 0 amide bonds. The fraction of sp³-hybridized carbons (Fsp3) is 0.833. The number of allylic oxidation sites excluding steroid dienone is 6. The molecule has 0 aromatic rings. The van der Waals surface area contributed by atoms with Crippen LogP contribution in [0.2, 0.25) is 0 Å². The molecule has 4 nitrogen and oxygen atoms in total. The van der Waals surface area contributed by atoms with Gasteiger partial charge in [0.05, 0.1) is 13.2 Å². The summed E-state index contributed by atoms with van der Waals surface area (Å²) >= 11 is 0. The third-order valence-corrected chi connectivity index (χ3v) is 8.69. The summed E-state index contributed by atoms with van der Waals surface area (Å²) in [5.74, 6) is -0.210. The van der Waals surface area contributed by atoms with Gasteiger partial charge < -0.3 is 14.6 Å². The average Bonchev–Trinajstić information content (AvgIpc) is 3.06. The Morgan fingerprint density at radius 3 is 1.39 bits per heavy atom. The highest BCUT2D eigenvalue weighted by Gasteiger charge is 2.13. The van der Waals surface area contributed by atoms with E-state index in [-0.39, 0.29) is 12.6 Å². The molecule has 0 aromatic heterocycles. The molecule has 1 atom stereocenters. The number of aliphatic hydroxyl groups excluding tert-OH is 1. The molecule has 0 aliphatic carbocycles. The Bertz CT molecular complexity index is 683. The summed E-state index contributed by atoms with van der Waals surface area (Å²) < 4.78 is 11.1. The summed E-state index contributed by atoms with van der Waals surface area (Å²) in [5.41, 5.74) is 0. The molecule has 0 saturated carbocycles. The lowest BCUT2D eigenvalue weighted by Gasteiger charge is -2.15. The van der Waals surface area contributed by atoms with Gasteiger partial charge in [-0.25, -0.2) is 0 Å². The van der Waals surface area contributed by atoms with Crippen molar-refractivity contribution in [2.75, 3.05) is 19.8 Å². The molecule has 0 aliphatic heterocycles. The van der Waals surface area contributed by atoms with Gasteiger partial charge in [0.1, 0.15) is 6.10 Å². The van der Waals surface area contributed by atoms with Gasteiger partial charge in [0.25, 0.3) is 0 Å². The van der Waals surface area contributed by atoms with Gasteiger partial charge in [-0.3, -0.25) is 4.79 Å². The lowest BCUT2D eigenvalue weighted by Crippen LogP contribution is -2.27. The first kappa shape index (κ1) is 44.6. The smallest absolute Gasteiger partial charge is 0.306 e. The number of rotatable bonds is 37. The number of hydrogen-bond donors (Lipinski definition) is 1. The minimum Gasteiger partial charge on any atom is -0.457 e. The maximum absolute atomic E-state index is 12.2. The lowest BCUT2D eigenvalue weighted by atomic mass is 10.1. The molecular formula is C42H78O4. The van der Waals surface area contributed by atoms with Crippen molar-refractivity contribution in [2.45, 2.75) is 206 Å². The summed E-state index contributed by atoms with van der Waals surface area (Å²) in [5, 5.41) is 9.58. The molecule has 0 bridgehead atoms. The van der Waals surface area contributed by atoms with E-state index >= 15 is 0 Å². The minimum absolute atomic E-state index is 0.176. The van der Waals surface area contributed by atoms with Crippen LogP contribution in [0.3, 0.4) is 0 Å². The van der Waals surface area contributed by atoms with Crippen molar-refractivity contribution in [3.05, 3.63) is 36.5 Å². The Morgan fingerprint density at radius 1 is 0.522 bits per heavy atom. The molecule has 1 unspecified atom stereocenters. The maximum atomic E-state index is 12.2. The van der Waals surface area contributed by atoms with Crippen molar-refractivity contribution >= 4 is 5.97 Å². The lowest BCUT2D eigenvalue weighted by molar-refractivity contribution is -0.154. The molecular weight excluding hydrogens is 568 g/mol. The molecule has 0 saturated heterocycles. The largest absolute Gasteiger partial charge is 0.457 e. The Kier molecular flexibility index (Phi) is 38.6. The average molecular weight is 647 g/mol. The molecule has 46 heavy (non-hydrogen) atoms. The van der Waals surface area contributed by atoms with Crippen LogP contribution in [0.4, 0.5) is 0 Å². The Balaban J connectivity index is 3.46. The number of esters is 1. The van der Waals surface area contributed by atoms with Crippen molar-refractivity contribution in [3.63, 3.8) is 0 Å². The second-order valence-corrected chi connectivity index (χ2v) is 13.3. The topological polar surface area (TPSA) is 55.8 Å². The number of ether oxygens (including phenoxy) is 2. The first-order valence-corrected chi connectivity index (χ1v) is 20.1. The predicted octanol–water partition coefficient (Wildman–Crippen LogP) is 12.9. The van der Waals surface area contributed by atoms with Crippen molar-refractivity contribution < 1.29 is 19.4 Å². The summed E-state index contributed by atoms with van der Waals surface area (Å²) in [6.07, 6.45) is 49.0. The first-order valence-electron chi connectivity index (χ1n) is 20.1. The van der Waals surface area contributed by atoms with Crippen LogP contribution in [0.1, 0.15) is 200 Å². The van der Waals surface area contributed by atoms with Gasteiger partial charge in [0.2, 0.25) is 0 Å². The molecule has 0 fully saturated rings. The predicted molar refractivity (Wildman–Crippen MR) is 200 cm³/mol. The number of carbonyl (C=O) groups excluding carboxylic acids is 1. The summed E-state index contributed by atoms with van der Waals surface area (Å²) in [4.78, 5) is 12.2. The number of unbranched alkanes of at least 4 members (excludes halogenated alkanes) is 23. The van der Waals surface area contributed by atoms with Crippen molar-refractivity contribution in [1.29, 1.82) is 0 Å². The Hall–Kier alpha value is -1.39. The highest BCUT2D eigenvalue weighted by atomic mass is 16.6. The van der Waals surface area contributed by atoms with Crippen molar-refractivity contribution in [2.24, 2.45) is 0 Å². The zero-order valence-electron chi connectivity index (χ0n) is 30.8. The number of aliphatic hydroxyl groups is 1. The van der Waals surface area contributed by atoms with Crippen LogP contribution in [-0.4, -0.2) is 37.0 Å². The van der Waals surface area contributed by atoms with Crippen LogP contribution in [0.5, 0.6) is 0 Å². The van der Waals surface area contributed by atoms with E-state index in [0.29, 0.717) is 19.6 Å². The third-order valence-electron chi connectivity index (χ3n) is 8.69. The number of carbonyl (C=O) groups is 1. The molecule has 0 spiro atoms. The van der Waals surface area contributed by atoms with E-state index in [0.717, 1.165) is 25.7 Å². The molecule has 0 radical (unpaired) electrons. The second kappa shape index (κ2) is 39.8. The summed E-state index contributed by atoms with van der Waals surface area (Å²) in [7, 11) is 0. The third kappa shape index (κ3) is 37.1. The van der Waals surface area contributed by atoms with Gasteiger partial charge in [-0.2, -0.15) is 0 Å². The number of hydrogen-bond acceptors (Lipinski definition) is 4. The van der Waals surface area contributed by atoms with Crippen molar-refractivity contribution in [1.82, 2.24) is 0 Å². The van der Waals surface area contributed by atoms with E-state index in [1.165, 1.54) is 154 Å². The molecule has 270 valence electrons. The van der Waals surface area contributed by atoms with E-state index in [1.54, 1.807) is 0 Å². The van der Waals surface area contributed by atoms with Gasteiger partial charge in [0, 0.05) is 13.0 Å². The van der Waals surface area contributed by atoms with E-state index in [9.17, 15) is 9.90 Å². The van der Waals surface area contributed by atoms with Gasteiger partial charge in [-0.1, -0.05) is 159 Å². The van der Waals surface area contributed by atoms with Crippen LogP contribution >= 0.6 is 0 Å². The Labute approximate surface area is 287 Å². The highest BCUT2D eigenvalue weighted by molar-refractivity contribution is 5.69. The Morgan fingerprint density at radius 2 is 0.913 bits per heavy atom. The van der Waals surface area contributed by atoms with Crippen LogP contribution < -0.4 is 0 Å². The molecule has 4 heteroatoms. The standard InChI is InChI=1S/C42H78O4/c1-3-5-7-9-11-13-15-17-19-21-22-23-25-27-29-31-33-35-37-42(44)46-41(39-43)40-45-38-36-34-32-30-28-26-24-20-18-16-14-12-10-8-6-4-2/h13,15,18-21,41,43H,3-12,14,16-17,22-40H2,1-2H3/b15-13-,20-18-,21-19-. The normalized spacial score (nSPS) is 12.7. The molecule has 0 aliphatic rings. The zero-order valence-corrected chi connectivity index (χ0v) is 30.8. The second-order valence-electron chi connectivity index (χ2n) is 13.3. The zero-order chi connectivity index (χ0) is 33.4. The SMILES string of the molecule is CCCCCC/C=C\C/C=C\CCCCCCCCCC(=O)OC(CO)COCCCCCCCC/C=C\CCCCCCCC. The quantitative estimate of drug-likeness (QED) is 0.0414. The highest BCUT2D eigenvalue weighted by Crippen LogP contribution is 2.12. The van der Waals surface area contributed by atoms with Crippen LogP contribution in [0.25, 0.3) is 0 Å². The van der Waals surface area contributed by atoms with E-state index in [2.05, 4.69) is 50.3 Å². The van der Waals surface area contributed by atoms with E-state index in [1.807, 2.05) is 0 Å². The fourth-order valence-electron chi connectivity index (χ4n) is 5.65. The van der Waals surface area contributed by atoms with Crippen LogP contribution in [0.15, 0.2) is 36.5 Å². The van der Waals surface area contributed by atoms with Crippen molar-refractivity contribution in [3.8, 4) is 0 Å². The summed E-state index contributed by atoms with van der Waals surface area (Å²) in [6, 6.07) is 0. The monoisotopic (exact) mass is 647 g/mol. The fourth-order valence-corrected chi connectivity index (χ4v) is 5.65. The molecule has 1 N–H and O–H groups in total. The van der Waals surface area contributed by atoms with Gasteiger partial charge >= 0.3 is 5.97 Å². The van der Waals surface area contributed by atoms with Gasteiger partial charge in [-0.15, -0.1) is 0 Å². The molecule has 0 rings (SSSR count). The molecule has 0 aromatic carbocycles. The van der Waals surface area contributed by atoms with Gasteiger partial charge in [0.15, 0.2) is 0 Å². The first-order chi connectivity index (χ1) is 22.7. The van der Waals surface area contributed by atoms with Crippen LogP contribution in [-0.2, 0) is 14.3 Å². The minimum atomic E-state index is -0.540. The summed E-state index contributed by atoms with van der Waals surface area (Å²) in [6.45, 7) is 5.31.